The second-order valence-electron chi connectivity index (χ2n) is 7.08. The molecule has 9 heteroatoms. The number of carbonyl (C=O) groups is 1. The highest BCUT2D eigenvalue weighted by molar-refractivity contribution is 5.88. The number of piperidine rings is 1. The van der Waals surface area contributed by atoms with Crippen molar-refractivity contribution in [2.45, 2.75) is 38.8 Å². The van der Waals surface area contributed by atoms with E-state index in [0.717, 1.165) is 24.2 Å². The van der Waals surface area contributed by atoms with Crippen LogP contribution in [0.3, 0.4) is 0 Å². The summed E-state index contributed by atoms with van der Waals surface area (Å²) in [7, 11) is 0. The standard InChI is InChI=1S/C19H23N7O2/c1-4-16(27)25-7-5-13(6-8-25)28-15-10-21-18-17(24-15)14(9-20-18)19-22-11-23-26(19)12(2)3/h4,9-13H,1,5-8H2,2-3H3,(H,20,21). The molecular weight excluding hydrogens is 358 g/mol. The van der Waals surface area contributed by atoms with Crippen LogP contribution in [0, 0.1) is 0 Å². The maximum Gasteiger partial charge on any atom is 0.245 e. The van der Waals surface area contributed by atoms with Crippen molar-refractivity contribution in [1.29, 1.82) is 0 Å². The van der Waals surface area contributed by atoms with Gasteiger partial charge in [-0.1, -0.05) is 6.58 Å². The van der Waals surface area contributed by atoms with Gasteiger partial charge in [0.25, 0.3) is 0 Å². The van der Waals surface area contributed by atoms with Crippen LogP contribution in [-0.4, -0.2) is 59.7 Å². The van der Waals surface area contributed by atoms with Crippen LogP contribution in [0.4, 0.5) is 0 Å². The molecule has 0 aromatic carbocycles. The minimum absolute atomic E-state index is 0.00215. The Morgan fingerprint density at radius 2 is 2.14 bits per heavy atom. The fraction of sp³-hybridized carbons (Fsp3) is 0.421. The van der Waals surface area contributed by atoms with Gasteiger partial charge in [-0.3, -0.25) is 4.79 Å². The number of hydrogen-bond donors (Lipinski definition) is 1. The van der Waals surface area contributed by atoms with E-state index in [0.29, 0.717) is 30.1 Å². The number of aromatic nitrogens is 6. The zero-order valence-electron chi connectivity index (χ0n) is 16.0. The van der Waals surface area contributed by atoms with Crippen molar-refractivity contribution in [1.82, 2.24) is 34.6 Å². The third-order valence-corrected chi connectivity index (χ3v) is 4.88. The Morgan fingerprint density at radius 1 is 1.36 bits per heavy atom. The van der Waals surface area contributed by atoms with Crippen molar-refractivity contribution in [3.05, 3.63) is 31.4 Å². The monoisotopic (exact) mass is 381 g/mol. The molecule has 4 heterocycles. The van der Waals surface area contributed by atoms with Crippen LogP contribution in [0.25, 0.3) is 22.6 Å². The van der Waals surface area contributed by atoms with E-state index in [4.69, 9.17) is 4.74 Å². The van der Waals surface area contributed by atoms with E-state index < -0.39 is 0 Å². The second kappa shape index (κ2) is 7.41. The molecule has 1 aliphatic heterocycles. The number of H-pyrrole nitrogens is 1. The Kier molecular flexibility index (Phi) is 4.81. The lowest BCUT2D eigenvalue weighted by atomic mass is 10.1. The lowest BCUT2D eigenvalue weighted by Gasteiger charge is -2.31. The number of ether oxygens (including phenoxy) is 1. The number of hydrogen-bond acceptors (Lipinski definition) is 6. The quantitative estimate of drug-likeness (QED) is 0.681. The fourth-order valence-corrected chi connectivity index (χ4v) is 3.42. The highest BCUT2D eigenvalue weighted by atomic mass is 16.5. The average Bonchev–Trinajstić information content (AvgIpc) is 3.34. The molecule has 1 aliphatic rings. The summed E-state index contributed by atoms with van der Waals surface area (Å²) in [5.74, 6) is 1.17. The van der Waals surface area contributed by atoms with Gasteiger partial charge in [0.1, 0.15) is 17.9 Å². The van der Waals surface area contributed by atoms with Crippen LogP contribution in [0.15, 0.2) is 31.4 Å². The maximum absolute atomic E-state index is 11.7. The Bertz CT molecular complexity index is 999. The molecule has 146 valence electrons. The molecule has 28 heavy (non-hydrogen) atoms. The first-order chi connectivity index (χ1) is 13.6. The summed E-state index contributed by atoms with van der Waals surface area (Å²) < 4.78 is 7.90. The molecule has 9 nitrogen and oxygen atoms in total. The summed E-state index contributed by atoms with van der Waals surface area (Å²) in [5, 5.41) is 4.30. The Hall–Kier alpha value is -3.23. The van der Waals surface area contributed by atoms with Crippen LogP contribution in [0.5, 0.6) is 5.88 Å². The third-order valence-electron chi connectivity index (χ3n) is 4.88. The number of aromatic amines is 1. The molecule has 0 aliphatic carbocycles. The lowest BCUT2D eigenvalue weighted by Crippen LogP contribution is -2.41. The number of nitrogens with zero attached hydrogens (tertiary/aromatic N) is 6. The molecule has 0 atom stereocenters. The van der Waals surface area contributed by atoms with Crippen LogP contribution < -0.4 is 4.74 Å². The van der Waals surface area contributed by atoms with Gasteiger partial charge in [-0.25, -0.2) is 19.6 Å². The zero-order valence-corrected chi connectivity index (χ0v) is 16.0. The summed E-state index contributed by atoms with van der Waals surface area (Å²) in [6.45, 7) is 8.94. The number of likely N-dealkylation sites (tertiary alicyclic amines) is 1. The van der Waals surface area contributed by atoms with E-state index in [1.165, 1.54) is 6.08 Å². The van der Waals surface area contributed by atoms with Crippen molar-refractivity contribution >= 4 is 17.1 Å². The SMILES string of the molecule is C=CC(=O)N1CCC(Oc2cnc3[nH]cc(-c4ncnn4C(C)C)c3n2)CC1. The van der Waals surface area contributed by atoms with Crippen molar-refractivity contribution in [2.75, 3.05) is 13.1 Å². The molecule has 1 fully saturated rings. The van der Waals surface area contributed by atoms with Crippen molar-refractivity contribution < 1.29 is 9.53 Å². The largest absolute Gasteiger partial charge is 0.473 e. The number of fused-ring (bicyclic) bond motifs is 1. The molecule has 1 saturated heterocycles. The molecule has 1 N–H and O–H groups in total. The first kappa shape index (κ1) is 18.1. The van der Waals surface area contributed by atoms with E-state index in [1.807, 2.05) is 10.9 Å². The summed E-state index contributed by atoms with van der Waals surface area (Å²) in [6.07, 6.45) is 7.86. The Morgan fingerprint density at radius 3 is 2.86 bits per heavy atom. The smallest absolute Gasteiger partial charge is 0.245 e. The summed E-state index contributed by atoms with van der Waals surface area (Å²) in [6, 6.07) is 0.179. The van der Waals surface area contributed by atoms with Gasteiger partial charge in [-0.2, -0.15) is 5.10 Å². The minimum atomic E-state index is -0.0362. The topological polar surface area (TPSA) is 102 Å². The van der Waals surface area contributed by atoms with Gasteiger partial charge in [0, 0.05) is 38.2 Å². The lowest BCUT2D eigenvalue weighted by molar-refractivity contribution is -0.127. The van der Waals surface area contributed by atoms with E-state index >= 15 is 0 Å². The zero-order chi connectivity index (χ0) is 19.7. The van der Waals surface area contributed by atoms with Gasteiger partial charge >= 0.3 is 0 Å². The molecule has 0 unspecified atom stereocenters. The van der Waals surface area contributed by atoms with E-state index in [1.54, 1.807) is 17.4 Å². The van der Waals surface area contributed by atoms with Gasteiger partial charge < -0.3 is 14.6 Å². The Balaban J connectivity index is 1.55. The van der Waals surface area contributed by atoms with E-state index in [2.05, 4.69) is 45.5 Å². The van der Waals surface area contributed by atoms with Gasteiger partial charge in [0.2, 0.25) is 11.8 Å². The van der Waals surface area contributed by atoms with Gasteiger partial charge in [-0.05, 0) is 19.9 Å². The van der Waals surface area contributed by atoms with Crippen molar-refractivity contribution in [3.8, 4) is 17.3 Å². The van der Waals surface area contributed by atoms with Crippen LogP contribution in [0.1, 0.15) is 32.7 Å². The summed E-state index contributed by atoms with van der Waals surface area (Å²) in [4.78, 5) is 30.1. The number of rotatable bonds is 5. The number of carbonyl (C=O) groups excluding carboxylic acids is 1. The van der Waals surface area contributed by atoms with Crippen molar-refractivity contribution in [2.24, 2.45) is 0 Å². The molecule has 1 amide bonds. The first-order valence-electron chi connectivity index (χ1n) is 9.38. The second-order valence-corrected chi connectivity index (χ2v) is 7.08. The van der Waals surface area contributed by atoms with Crippen LogP contribution in [0.2, 0.25) is 0 Å². The maximum atomic E-state index is 11.7. The molecule has 4 rings (SSSR count). The van der Waals surface area contributed by atoms with Gasteiger partial charge in [0.05, 0.1) is 11.8 Å². The first-order valence-corrected chi connectivity index (χ1v) is 9.38. The molecule has 0 saturated carbocycles. The fourth-order valence-electron chi connectivity index (χ4n) is 3.42. The Labute approximate surface area is 162 Å². The van der Waals surface area contributed by atoms with Crippen LogP contribution >= 0.6 is 0 Å². The summed E-state index contributed by atoms with van der Waals surface area (Å²) >= 11 is 0. The molecule has 0 bridgehead atoms. The minimum Gasteiger partial charge on any atom is -0.473 e. The molecule has 3 aromatic rings. The van der Waals surface area contributed by atoms with E-state index in [9.17, 15) is 4.79 Å². The number of amides is 1. The van der Waals surface area contributed by atoms with Gasteiger partial charge in [0.15, 0.2) is 11.5 Å². The highest BCUT2D eigenvalue weighted by Gasteiger charge is 2.23. The van der Waals surface area contributed by atoms with E-state index in [-0.39, 0.29) is 18.1 Å². The third kappa shape index (κ3) is 3.35. The average molecular weight is 381 g/mol. The van der Waals surface area contributed by atoms with Crippen LogP contribution in [-0.2, 0) is 4.79 Å². The normalized spacial score (nSPS) is 15.3. The van der Waals surface area contributed by atoms with Crippen molar-refractivity contribution in [3.63, 3.8) is 0 Å². The predicted molar refractivity (Wildman–Crippen MR) is 104 cm³/mol. The molecule has 0 radical (unpaired) electrons. The van der Waals surface area contributed by atoms with Gasteiger partial charge in [-0.15, -0.1) is 0 Å². The summed E-state index contributed by atoms with van der Waals surface area (Å²) in [5.41, 5.74) is 2.21. The number of nitrogens with one attached hydrogen (secondary N) is 1. The molecule has 3 aromatic heterocycles. The highest BCUT2D eigenvalue weighted by Crippen LogP contribution is 2.28. The molecular formula is C19H23N7O2. The predicted octanol–water partition coefficient (Wildman–Crippen LogP) is 2.35. The molecule has 0 spiro atoms.